The molecule has 164 valence electrons. The van der Waals surface area contributed by atoms with E-state index in [9.17, 15) is 13.9 Å². The molecule has 4 N–H and O–H groups in total. The average molecular weight is 441 g/mol. The highest BCUT2D eigenvalue weighted by Crippen LogP contribution is 2.62. The lowest BCUT2D eigenvalue weighted by molar-refractivity contribution is 0.0951. The van der Waals surface area contributed by atoms with Crippen molar-refractivity contribution in [2.45, 2.75) is 44.1 Å². The first-order valence-electron chi connectivity index (χ1n) is 10.4. The summed E-state index contributed by atoms with van der Waals surface area (Å²) in [6.07, 6.45) is 5.05. The lowest BCUT2D eigenvalue weighted by Crippen LogP contribution is -2.41. The van der Waals surface area contributed by atoms with Crippen LogP contribution in [0.15, 0.2) is 67.0 Å². The number of rotatable bonds is 6. The molecule has 0 saturated carbocycles. The molecule has 0 radical (unpaired) electrons. The molecule has 1 amide bonds. The summed E-state index contributed by atoms with van der Waals surface area (Å²) in [6, 6.07) is 17.1. The molecule has 31 heavy (non-hydrogen) atoms. The summed E-state index contributed by atoms with van der Waals surface area (Å²) < 4.78 is 24.2. The van der Waals surface area contributed by atoms with Gasteiger partial charge in [-0.2, -0.15) is 9.40 Å². The van der Waals surface area contributed by atoms with E-state index in [-0.39, 0.29) is 17.2 Å². The van der Waals surface area contributed by atoms with Crippen LogP contribution in [0.3, 0.4) is 0 Å². The highest BCUT2D eigenvalue weighted by molar-refractivity contribution is 8.22. The van der Waals surface area contributed by atoms with Crippen molar-refractivity contribution in [2.24, 2.45) is 0 Å². The Balaban J connectivity index is 1.44. The van der Waals surface area contributed by atoms with E-state index in [0.29, 0.717) is 18.7 Å². The molecule has 1 fully saturated rings. The van der Waals surface area contributed by atoms with Crippen LogP contribution in [0.25, 0.3) is 0 Å². The molecule has 2 atom stereocenters. The molecule has 1 unspecified atom stereocenters. The van der Waals surface area contributed by atoms with Gasteiger partial charge in [0.05, 0.1) is 11.4 Å². The van der Waals surface area contributed by atoms with E-state index in [2.05, 4.69) is 15.5 Å². The van der Waals surface area contributed by atoms with Crippen molar-refractivity contribution in [3.8, 4) is 0 Å². The molecule has 0 bridgehead atoms. The lowest BCUT2D eigenvalue weighted by atomic mass is 10.0. The minimum Gasteiger partial charge on any atom is -0.348 e. The quantitative estimate of drug-likeness (QED) is 0.444. The Morgan fingerprint density at radius 2 is 1.87 bits per heavy atom. The summed E-state index contributed by atoms with van der Waals surface area (Å²) in [4.78, 5) is 12.4. The number of H-pyrrole nitrogens is 1. The molecule has 1 aromatic heterocycles. The van der Waals surface area contributed by atoms with Crippen LogP contribution in [0, 0.1) is 0 Å². The number of hydrogen-bond acceptors (Lipinski definition) is 5. The fraction of sp³-hybridized carbons (Fsp3) is 0.304. The average Bonchev–Trinajstić information content (AvgIpc) is 3.29. The zero-order chi connectivity index (χ0) is 21.8. The number of benzene rings is 2. The number of aromatic nitrogens is 2. The molecular weight excluding hydrogens is 412 g/mol. The van der Waals surface area contributed by atoms with Gasteiger partial charge in [-0.1, -0.05) is 42.5 Å². The third kappa shape index (κ3) is 4.83. The van der Waals surface area contributed by atoms with Crippen molar-refractivity contribution in [1.82, 2.24) is 19.8 Å². The summed E-state index contributed by atoms with van der Waals surface area (Å²) >= 11 is 0. The van der Waals surface area contributed by atoms with Crippen LogP contribution in [-0.4, -0.2) is 35.6 Å². The largest absolute Gasteiger partial charge is 0.348 e. The monoisotopic (exact) mass is 440 g/mol. The SMILES string of the molecule is C[C@H]1CCC(c2ccccc2)S(O)(O)N1Cc1ccc(C(=O)NCc2cn[nH]c2)cc1. The third-order valence-electron chi connectivity index (χ3n) is 5.80. The first-order valence-corrected chi connectivity index (χ1v) is 12.0. The topological polar surface area (TPSA) is 101 Å². The first-order chi connectivity index (χ1) is 14.9. The molecule has 3 aromatic rings. The molecule has 2 aromatic carbocycles. The molecule has 4 rings (SSSR count). The summed E-state index contributed by atoms with van der Waals surface area (Å²) in [6.45, 7) is 2.86. The van der Waals surface area contributed by atoms with Crippen molar-refractivity contribution >= 4 is 16.7 Å². The Labute approximate surface area is 184 Å². The number of amides is 1. The molecule has 1 aliphatic rings. The van der Waals surface area contributed by atoms with Crippen molar-refractivity contribution in [3.63, 3.8) is 0 Å². The van der Waals surface area contributed by atoms with Gasteiger partial charge in [0.25, 0.3) is 5.91 Å². The summed E-state index contributed by atoms with van der Waals surface area (Å²) in [5.41, 5.74) is 3.37. The van der Waals surface area contributed by atoms with Crippen LogP contribution >= 0.6 is 10.8 Å². The van der Waals surface area contributed by atoms with Gasteiger partial charge in [-0.15, -0.1) is 10.8 Å². The Morgan fingerprint density at radius 3 is 2.55 bits per heavy atom. The number of nitrogens with one attached hydrogen (secondary N) is 2. The second kappa shape index (κ2) is 9.23. The molecule has 8 heteroatoms. The maximum absolute atomic E-state index is 12.4. The Bertz CT molecular complexity index is 993. The summed E-state index contributed by atoms with van der Waals surface area (Å²) in [5, 5.41) is 9.15. The smallest absolute Gasteiger partial charge is 0.251 e. The van der Waals surface area contributed by atoms with Gasteiger partial charge in [-0.25, -0.2) is 0 Å². The predicted molar refractivity (Wildman–Crippen MR) is 122 cm³/mol. The third-order valence-corrected chi connectivity index (χ3v) is 8.25. The van der Waals surface area contributed by atoms with Gasteiger partial charge in [0, 0.05) is 36.5 Å². The van der Waals surface area contributed by atoms with E-state index in [4.69, 9.17) is 0 Å². The molecular formula is C23H28N4O3S. The maximum Gasteiger partial charge on any atom is 0.251 e. The molecule has 0 spiro atoms. The normalized spacial score (nSPS) is 22.0. The Hall–Kier alpha value is -2.65. The minimum absolute atomic E-state index is 0.0582. The van der Waals surface area contributed by atoms with Crippen molar-refractivity contribution in [2.75, 3.05) is 0 Å². The van der Waals surface area contributed by atoms with E-state index in [0.717, 1.165) is 29.5 Å². The Kier molecular flexibility index (Phi) is 6.43. The van der Waals surface area contributed by atoms with E-state index >= 15 is 0 Å². The predicted octanol–water partition coefficient (Wildman–Crippen LogP) is 4.73. The highest BCUT2D eigenvalue weighted by Gasteiger charge is 2.40. The van der Waals surface area contributed by atoms with Crippen LogP contribution in [0.1, 0.15) is 52.1 Å². The van der Waals surface area contributed by atoms with Crippen molar-refractivity contribution < 1.29 is 13.9 Å². The van der Waals surface area contributed by atoms with Gasteiger partial charge in [-0.05, 0) is 43.0 Å². The van der Waals surface area contributed by atoms with Gasteiger partial charge in [0.2, 0.25) is 0 Å². The molecule has 7 nitrogen and oxygen atoms in total. The molecule has 2 heterocycles. The van der Waals surface area contributed by atoms with E-state index < -0.39 is 10.8 Å². The van der Waals surface area contributed by atoms with E-state index in [1.54, 1.807) is 24.5 Å². The summed E-state index contributed by atoms with van der Waals surface area (Å²) in [5.74, 6) is -0.160. The minimum atomic E-state index is -2.98. The van der Waals surface area contributed by atoms with Crippen molar-refractivity contribution in [3.05, 3.63) is 89.2 Å². The number of carbonyl (C=O) groups is 1. The number of nitrogens with zero attached hydrogens (tertiary/aromatic N) is 2. The fourth-order valence-electron chi connectivity index (χ4n) is 3.99. The van der Waals surface area contributed by atoms with E-state index in [1.807, 2.05) is 53.7 Å². The Morgan fingerprint density at radius 1 is 1.13 bits per heavy atom. The zero-order valence-electron chi connectivity index (χ0n) is 17.4. The molecule has 0 aliphatic carbocycles. The van der Waals surface area contributed by atoms with Crippen LogP contribution in [0.2, 0.25) is 0 Å². The number of aromatic amines is 1. The molecule has 1 aliphatic heterocycles. The van der Waals surface area contributed by atoms with Crippen molar-refractivity contribution in [1.29, 1.82) is 0 Å². The van der Waals surface area contributed by atoms with E-state index in [1.165, 1.54) is 0 Å². The van der Waals surface area contributed by atoms with Crippen LogP contribution < -0.4 is 5.32 Å². The zero-order valence-corrected chi connectivity index (χ0v) is 18.3. The summed E-state index contributed by atoms with van der Waals surface area (Å²) in [7, 11) is -2.98. The number of carbonyl (C=O) groups excluding carboxylic acids is 1. The van der Waals surface area contributed by atoms with Crippen LogP contribution in [-0.2, 0) is 13.1 Å². The van der Waals surface area contributed by atoms with Crippen LogP contribution in [0.4, 0.5) is 0 Å². The van der Waals surface area contributed by atoms with Gasteiger partial charge in [0.15, 0.2) is 0 Å². The fourth-order valence-corrected chi connectivity index (χ4v) is 6.27. The van der Waals surface area contributed by atoms with Gasteiger partial charge in [0.1, 0.15) is 0 Å². The van der Waals surface area contributed by atoms with Gasteiger partial charge < -0.3 is 5.32 Å². The molecule has 1 saturated heterocycles. The highest BCUT2D eigenvalue weighted by atomic mass is 32.3. The maximum atomic E-state index is 12.4. The first kappa shape index (κ1) is 21.6. The number of hydrogen-bond donors (Lipinski definition) is 4. The van der Waals surface area contributed by atoms with Gasteiger partial charge in [-0.3, -0.25) is 19.0 Å². The second-order valence-corrected chi connectivity index (χ2v) is 10.1. The standard InChI is InChI=1S/C23H28N4O3S/c1-17-7-12-22(20-5-3-2-4-6-20)31(29,30)27(17)16-18-8-10-21(11-9-18)23(28)24-13-19-14-25-26-15-19/h2-6,8-11,14-15,17,22,29-30H,7,12-13,16H2,1H3,(H,24,28)(H,25,26)/t17-,22?/m0/s1. The second-order valence-electron chi connectivity index (χ2n) is 7.95. The van der Waals surface area contributed by atoms with Crippen LogP contribution in [0.5, 0.6) is 0 Å². The van der Waals surface area contributed by atoms with Gasteiger partial charge >= 0.3 is 0 Å². The lowest BCUT2D eigenvalue weighted by Gasteiger charge is -2.54.